The van der Waals surface area contributed by atoms with E-state index in [0.29, 0.717) is 0 Å². The highest BCUT2D eigenvalue weighted by Crippen LogP contribution is 2.38. The third-order valence-corrected chi connectivity index (χ3v) is 5.39. The molecule has 1 amide bonds. The van der Waals surface area contributed by atoms with Gasteiger partial charge in [-0.2, -0.15) is 26.3 Å². The van der Waals surface area contributed by atoms with Gasteiger partial charge in [0.2, 0.25) is 0 Å². The summed E-state index contributed by atoms with van der Waals surface area (Å²) in [6.45, 7) is 1.47. The first-order valence-electron chi connectivity index (χ1n) is 8.11. The maximum Gasteiger partial charge on any atom is 0.416 e. The summed E-state index contributed by atoms with van der Waals surface area (Å²) >= 11 is 0. The lowest BCUT2D eigenvalue weighted by molar-refractivity contribution is -0.143. The summed E-state index contributed by atoms with van der Waals surface area (Å²) in [5.41, 5.74) is -3.66. The summed E-state index contributed by atoms with van der Waals surface area (Å²) in [7, 11) is -4.83. The van der Waals surface area contributed by atoms with E-state index in [1.165, 1.54) is 19.1 Å². The van der Waals surface area contributed by atoms with Crippen LogP contribution < -0.4 is 14.8 Å². The first-order valence-corrected chi connectivity index (χ1v) is 9.59. The van der Waals surface area contributed by atoms with Crippen LogP contribution in [0.3, 0.4) is 0 Å². The van der Waals surface area contributed by atoms with Crippen molar-refractivity contribution in [2.75, 3.05) is 10.0 Å². The zero-order chi connectivity index (χ0) is 22.5. The third-order valence-electron chi connectivity index (χ3n) is 4.03. The van der Waals surface area contributed by atoms with Crippen molar-refractivity contribution in [3.05, 3.63) is 47.5 Å². The van der Waals surface area contributed by atoms with Crippen LogP contribution >= 0.6 is 0 Å². The van der Waals surface area contributed by atoms with E-state index >= 15 is 0 Å². The molecule has 0 radical (unpaired) electrons. The molecule has 1 atom stereocenters. The normalized spacial score (nSPS) is 17.0. The lowest BCUT2D eigenvalue weighted by Gasteiger charge is -2.23. The van der Waals surface area contributed by atoms with Crippen molar-refractivity contribution in [2.45, 2.75) is 30.3 Å². The molecule has 0 saturated heterocycles. The molecule has 162 valence electrons. The van der Waals surface area contributed by atoms with Gasteiger partial charge >= 0.3 is 12.4 Å². The van der Waals surface area contributed by atoms with E-state index in [-0.39, 0.29) is 35.3 Å². The molecule has 0 bridgehead atoms. The maximum atomic E-state index is 13.0. The second-order valence-corrected chi connectivity index (χ2v) is 7.99. The molecule has 0 aromatic heterocycles. The molecule has 1 unspecified atom stereocenters. The minimum atomic E-state index is -5.20. The molecule has 2 aromatic rings. The van der Waals surface area contributed by atoms with Gasteiger partial charge in [0.25, 0.3) is 15.9 Å². The number of anilines is 2. The molecule has 2 N–H and O–H groups in total. The Bertz CT molecular complexity index is 1080. The van der Waals surface area contributed by atoms with Crippen molar-refractivity contribution >= 4 is 27.3 Å². The van der Waals surface area contributed by atoms with E-state index in [0.717, 1.165) is 6.07 Å². The Labute approximate surface area is 165 Å². The first-order chi connectivity index (χ1) is 13.7. The van der Waals surface area contributed by atoms with E-state index in [2.05, 4.69) is 5.32 Å². The molecule has 1 aliphatic rings. The molecule has 0 saturated carbocycles. The number of alkyl halides is 6. The van der Waals surface area contributed by atoms with Crippen molar-refractivity contribution < 1.29 is 44.3 Å². The molecule has 13 heteroatoms. The van der Waals surface area contributed by atoms with Gasteiger partial charge < -0.3 is 10.1 Å². The second kappa shape index (κ2) is 7.07. The minimum absolute atomic E-state index is 0.0818. The van der Waals surface area contributed by atoms with Crippen LogP contribution in [0.2, 0.25) is 0 Å². The Morgan fingerprint density at radius 3 is 2.07 bits per heavy atom. The van der Waals surface area contributed by atoms with Crippen molar-refractivity contribution in [3.63, 3.8) is 0 Å². The van der Waals surface area contributed by atoms with Crippen LogP contribution in [-0.2, 0) is 27.2 Å². The molecule has 1 aliphatic heterocycles. The highest BCUT2D eigenvalue weighted by molar-refractivity contribution is 7.92. The average Bonchev–Trinajstić information content (AvgIpc) is 2.61. The van der Waals surface area contributed by atoms with Gasteiger partial charge in [0.1, 0.15) is 5.75 Å². The molecular formula is C17H12F6N2O4S. The number of halogens is 6. The molecule has 2 aromatic carbocycles. The first kappa shape index (κ1) is 21.7. The van der Waals surface area contributed by atoms with Gasteiger partial charge in [0.15, 0.2) is 6.10 Å². The number of carbonyl (C=O) groups excluding carboxylic acids is 1. The van der Waals surface area contributed by atoms with Crippen molar-refractivity contribution in [3.8, 4) is 5.75 Å². The number of hydrogen-bond acceptors (Lipinski definition) is 4. The highest BCUT2D eigenvalue weighted by Gasteiger charge is 2.38. The summed E-state index contributed by atoms with van der Waals surface area (Å²) in [5.74, 6) is -0.307. The fourth-order valence-electron chi connectivity index (χ4n) is 2.57. The van der Waals surface area contributed by atoms with Gasteiger partial charge in [-0.3, -0.25) is 9.52 Å². The zero-order valence-electron chi connectivity index (χ0n) is 14.9. The van der Waals surface area contributed by atoms with Crippen LogP contribution in [0.4, 0.5) is 37.7 Å². The second-order valence-electron chi connectivity index (χ2n) is 6.31. The highest BCUT2D eigenvalue weighted by atomic mass is 32.2. The van der Waals surface area contributed by atoms with Crippen LogP contribution in [0.25, 0.3) is 0 Å². The number of rotatable bonds is 3. The van der Waals surface area contributed by atoms with Gasteiger partial charge in [-0.05, 0) is 43.3 Å². The standard InChI is InChI=1S/C17H12F6N2O4S/c1-8-15(26)24-13-7-11(2-3-14(13)29-8)25-30(27,28)12-5-9(16(18,19)20)4-10(6-12)17(21,22)23/h2-8,25H,1H3,(H,24,26). The number of amides is 1. The molecule has 0 fully saturated rings. The number of sulfonamides is 1. The van der Waals surface area contributed by atoms with E-state index in [1.54, 1.807) is 0 Å². The number of hydrogen-bond donors (Lipinski definition) is 2. The van der Waals surface area contributed by atoms with Crippen molar-refractivity contribution in [1.82, 2.24) is 0 Å². The summed E-state index contributed by atoms with van der Waals surface area (Å²) in [5, 5.41) is 2.44. The number of ether oxygens (including phenoxy) is 1. The number of benzene rings is 2. The lowest BCUT2D eigenvalue weighted by atomic mass is 10.1. The van der Waals surface area contributed by atoms with Gasteiger partial charge in [0, 0.05) is 0 Å². The maximum absolute atomic E-state index is 13.0. The van der Waals surface area contributed by atoms with Gasteiger partial charge in [-0.1, -0.05) is 0 Å². The van der Waals surface area contributed by atoms with Crippen molar-refractivity contribution in [1.29, 1.82) is 0 Å². The molecular weight excluding hydrogens is 442 g/mol. The number of nitrogens with one attached hydrogen (secondary N) is 2. The summed E-state index contributed by atoms with van der Waals surface area (Å²) in [6.07, 6.45) is -11.2. The van der Waals surface area contributed by atoms with E-state index in [9.17, 15) is 39.6 Å². The predicted octanol–water partition coefficient (Wildman–Crippen LogP) is 4.24. The monoisotopic (exact) mass is 454 g/mol. The largest absolute Gasteiger partial charge is 0.479 e. The Morgan fingerprint density at radius 1 is 0.967 bits per heavy atom. The van der Waals surface area contributed by atoms with Gasteiger partial charge in [-0.15, -0.1) is 0 Å². The molecule has 6 nitrogen and oxygen atoms in total. The Hall–Kier alpha value is -2.96. The molecule has 0 aliphatic carbocycles. The van der Waals surface area contributed by atoms with Crippen LogP contribution in [0, 0.1) is 0 Å². The summed E-state index contributed by atoms with van der Waals surface area (Å²) < 4.78 is 110. The molecule has 3 rings (SSSR count). The average molecular weight is 454 g/mol. The Morgan fingerprint density at radius 2 is 1.53 bits per heavy atom. The molecule has 0 spiro atoms. The van der Waals surface area contributed by atoms with E-state index in [4.69, 9.17) is 4.74 Å². The molecule has 1 heterocycles. The SMILES string of the molecule is CC1Oc2ccc(NS(=O)(=O)c3cc(C(F)(F)F)cc(C(F)(F)F)c3)cc2NC1=O. The lowest BCUT2D eigenvalue weighted by Crippen LogP contribution is -2.34. The third kappa shape index (κ3) is 4.45. The van der Waals surface area contributed by atoms with Crippen LogP contribution in [0.15, 0.2) is 41.3 Å². The predicted molar refractivity (Wildman–Crippen MR) is 92.4 cm³/mol. The Kier molecular flexibility index (Phi) is 5.13. The fourth-order valence-corrected chi connectivity index (χ4v) is 3.69. The minimum Gasteiger partial charge on any atom is -0.479 e. The number of fused-ring (bicyclic) bond motifs is 1. The fraction of sp³-hybridized carbons (Fsp3) is 0.235. The smallest absolute Gasteiger partial charge is 0.416 e. The van der Waals surface area contributed by atoms with Crippen LogP contribution in [0.1, 0.15) is 18.1 Å². The van der Waals surface area contributed by atoms with E-state index < -0.39 is 50.4 Å². The summed E-state index contributed by atoms with van der Waals surface area (Å²) in [4.78, 5) is 10.4. The zero-order valence-corrected chi connectivity index (χ0v) is 15.7. The Balaban J connectivity index is 2.00. The van der Waals surface area contributed by atoms with Crippen molar-refractivity contribution in [2.24, 2.45) is 0 Å². The quantitative estimate of drug-likeness (QED) is 0.680. The summed E-state index contributed by atoms with van der Waals surface area (Å²) in [6, 6.07) is 3.61. The topological polar surface area (TPSA) is 84.5 Å². The van der Waals surface area contributed by atoms with Gasteiger partial charge in [-0.25, -0.2) is 8.42 Å². The van der Waals surface area contributed by atoms with Crippen LogP contribution in [-0.4, -0.2) is 20.4 Å². The van der Waals surface area contributed by atoms with E-state index in [1.807, 2.05) is 4.72 Å². The number of carbonyl (C=O) groups is 1. The van der Waals surface area contributed by atoms with Gasteiger partial charge in [0.05, 0.1) is 27.4 Å². The molecule has 30 heavy (non-hydrogen) atoms. The van der Waals surface area contributed by atoms with Crippen LogP contribution in [0.5, 0.6) is 5.75 Å².